The normalized spacial score (nSPS) is 13.0. The van der Waals surface area contributed by atoms with Crippen LogP contribution in [0.4, 0.5) is 0 Å². The maximum atomic E-state index is 9.22. The van der Waals surface area contributed by atoms with Crippen LogP contribution in [0.2, 0.25) is 0 Å². The van der Waals surface area contributed by atoms with Crippen LogP contribution in [0.15, 0.2) is 60.7 Å². The molecule has 0 aliphatic heterocycles. The lowest BCUT2D eigenvalue weighted by atomic mass is 9.87. The van der Waals surface area contributed by atoms with Crippen molar-refractivity contribution in [1.82, 2.24) is 0 Å². The molecule has 0 aliphatic carbocycles. The van der Waals surface area contributed by atoms with Gasteiger partial charge in [0, 0.05) is 11.5 Å². The quantitative estimate of drug-likeness (QED) is 0.698. The van der Waals surface area contributed by atoms with Gasteiger partial charge in [-0.15, -0.1) is 0 Å². The topological polar surface area (TPSA) is 58.9 Å². The van der Waals surface area contributed by atoms with E-state index >= 15 is 0 Å². The fourth-order valence-electron chi connectivity index (χ4n) is 2.73. The van der Waals surface area contributed by atoms with Crippen LogP contribution in [-0.4, -0.2) is 36.6 Å². The SMILES string of the molecule is CC(c1ccccc1)C(OCCO)(OCCO)c1ccccc1. The molecule has 2 N–H and O–H groups in total. The Labute approximate surface area is 137 Å². The number of ether oxygens (including phenoxy) is 2. The second kappa shape index (κ2) is 8.79. The van der Waals surface area contributed by atoms with Crippen LogP contribution in [0.25, 0.3) is 0 Å². The van der Waals surface area contributed by atoms with Gasteiger partial charge in [0.15, 0.2) is 0 Å². The van der Waals surface area contributed by atoms with Crippen molar-refractivity contribution in [3.63, 3.8) is 0 Å². The smallest absolute Gasteiger partial charge is 0.201 e. The minimum Gasteiger partial charge on any atom is -0.394 e. The molecule has 0 amide bonds. The molecule has 0 aromatic heterocycles. The Morgan fingerprint density at radius 3 is 1.78 bits per heavy atom. The molecule has 4 heteroatoms. The first kappa shape index (κ1) is 17.6. The van der Waals surface area contributed by atoms with E-state index in [4.69, 9.17) is 9.47 Å². The van der Waals surface area contributed by atoms with Gasteiger partial charge in [-0.2, -0.15) is 0 Å². The van der Waals surface area contributed by atoms with Gasteiger partial charge in [0.05, 0.1) is 26.4 Å². The first-order valence-corrected chi connectivity index (χ1v) is 7.84. The second-order valence-electron chi connectivity index (χ2n) is 5.31. The van der Waals surface area contributed by atoms with E-state index in [1.807, 2.05) is 67.6 Å². The van der Waals surface area contributed by atoms with Crippen LogP contribution >= 0.6 is 0 Å². The molecule has 0 saturated carbocycles. The fourth-order valence-corrected chi connectivity index (χ4v) is 2.73. The monoisotopic (exact) mass is 316 g/mol. The molecule has 0 bridgehead atoms. The van der Waals surface area contributed by atoms with Gasteiger partial charge in [-0.3, -0.25) is 0 Å². The average molecular weight is 316 g/mol. The Morgan fingerprint density at radius 1 is 0.826 bits per heavy atom. The second-order valence-corrected chi connectivity index (χ2v) is 5.31. The highest BCUT2D eigenvalue weighted by Gasteiger charge is 2.41. The summed E-state index contributed by atoms with van der Waals surface area (Å²) >= 11 is 0. The van der Waals surface area contributed by atoms with Crippen LogP contribution in [0.3, 0.4) is 0 Å². The molecule has 124 valence electrons. The Hall–Kier alpha value is -1.72. The van der Waals surface area contributed by atoms with Gasteiger partial charge < -0.3 is 19.7 Å². The minimum atomic E-state index is -1.06. The third kappa shape index (κ3) is 4.18. The predicted molar refractivity (Wildman–Crippen MR) is 89.1 cm³/mol. The zero-order valence-electron chi connectivity index (χ0n) is 13.4. The van der Waals surface area contributed by atoms with Crippen molar-refractivity contribution < 1.29 is 19.7 Å². The molecule has 1 unspecified atom stereocenters. The van der Waals surface area contributed by atoms with E-state index in [9.17, 15) is 10.2 Å². The summed E-state index contributed by atoms with van der Waals surface area (Å²) in [6, 6.07) is 19.6. The summed E-state index contributed by atoms with van der Waals surface area (Å²) in [5.74, 6) is -1.18. The van der Waals surface area contributed by atoms with Gasteiger partial charge >= 0.3 is 0 Å². The Morgan fingerprint density at radius 2 is 1.30 bits per heavy atom. The van der Waals surface area contributed by atoms with E-state index in [2.05, 4.69) is 0 Å². The van der Waals surface area contributed by atoms with Gasteiger partial charge in [0.25, 0.3) is 0 Å². The molecule has 0 fully saturated rings. The Kier molecular flexibility index (Phi) is 6.74. The highest BCUT2D eigenvalue weighted by molar-refractivity contribution is 5.29. The largest absolute Gasteiger partial charge is 0.394 e. The van der Waals surface area contributed by atoms with Crippen LogP contribution < -0.4 is 0 Å². The van der Waals surface area contributed by atoms with Crippen molar-refractivity contribution >= 4 is 0 Å². The van der Waals surface area contributed by atoms with E-state index in [1.54, 1.807) is 0 Å². The summed E-state index contributed by atoms with van der Waals surface area (Å²) in [4.78, 5) is 0. The number of aliphatic hydroxyl groups excluding tert-OH is 2. The lowest BCUT2D eigenvalue weighted by Crippen LogP contribution is -2.40. The van der Waals surface area contributed by atoms with E-state index in [-0.39, 0.29) is 32.3 Å². The van der Waals surface area contributed by atoms with Crippen LogP contribution in [0.1, 0.15) is 24.0 Å². The first-order chi connectivity index (χ1) is 11.2. The summed E-state index contributed by atoms with van der Waals surface area (Å²) in [6.45, 7) is 2.13. The molecule has 2 aromatic rings. The van der Waals surface area contributed by atoms with Crippen molar-refractivity contribution in [3.8, 4) is 0 Å². The van der Waals surface area contributed by atoms with Crippen LogP contribution in [0, 0.1) is 0 Å². The molecular formula is C19H24O4. The van der Waals surface area contributed by atoms with Gasteiger partial charge in [0.1, 0.15) is 0 Å². The first-order valence-electron chi connectivity index (χ1n) is 7.84. The summed E-state index contributed by atoms with van der Waals surface area (Å²) in [7, 11) is 0. The predicted octanol–water partition coefficient (Wildman–Crippen LogP) is 2.66. The maximum absolute atomic E-state index is 9.22. The number of aliphatic hydroxyl groups is 2. The van der Waals surface area contributed by atoms with Crippen molar-refractivity contribution in [2.45, 2.75) is 18.6 Å². The molecular weight excluding hydrogens is 292 g/mol. The molecule has 4 nitrogen and oxygen atoms in total. The lowest BCUT2D eigenvalue weighted by molar-refractivity contribution is -0.264. The molecule has 1 atom stereocenters. The Balaban J connectivity index is 2.46. The third-order valence-corrected chi connectivity index (χ3v) is 3.86. The maximum Gasteiger partial charge on any atom is 0.201 e. The van der Waals surface area contributed by atoms with Crippen molar-refractivity contribution in [3.05, 3.63) is 71.8 Å². The molecule has 2 aromatic carbocycles. The highest BCUT2D eigenvalue weighted by atomic mass is 16.7. The van der Waals surface area contributed by atoms with Gasteiger partial charge in [-0.1, -0.05) is 67.6 Å². The average Bonchev–Trinajstić information content (AvgIpc) is 2.63. The summed E-state index contributed by atoms with van der Waals surface area (Å²) in [5.41, 5.74) is 1.92. The number of rotatable bonds is 9. The molecule has 0 saturated heterocycles. The number of benzene rings is 2. The van der Waals surface area contributed by atoms with Crippen molar-refractivity contribution in [1.29, 1.82) is 0 Å². The van der Waals surface area contributed by atoms with E-state index in [1.165, 1.54) is 0 Å². The molecule has 0 aliphatic rings. The third-order valence-electron chi connectivity index (χ3n) is 3.86. The van der Waals surface area contributed by atoms with Gasteiger partial charge in [-0.05, 0) is 5.56 Å². The molecule has 0 heterocycles. The van der Waals surface area contributed by atoms with Crippen LogP contribution in [0.5, 0.6) is 0 Å². The van der Waals surface area contributed by atoms with E-state index in [0.717, 1.165) is 11.1 Å². The van der Waals surface area contributed by atoms with Gasteiger partial charge in [0.2, 0.25) is 5.79 Å². The van der Waals surface area contributed by atoms with E-state index in [0.29, 0.717) is 0 Å². The minimum absolute atomic E-state index is 0.0986. The standard InChI is InChI=1S/C19H24O4/c1-16(17-8-4-2-5-9-17)19(22-14-12-20,23-15-13-21)18-10-6-3-7-11-18/h2-11,16,20-21H,12-15H2,1H3. The summed E-state index contributed by atoms with van der Waals surface area (Å²) < 4.78 is 12.0. The Bertz CT molecular complexity index is 548. The molecule has 0 radical (unpaired) electrons. The summed E-state index contributed by atoms with van der Waals surface area (Å²) in [5, 5.41) is 18.4. The zero-order chi connectivity index (χ0) is 16.5. The highest BCUT2D eigenvalue weighted by Crippen LogP contribution is 2.41. The molecule has 0 spiro atoms. The van der Waals surface area contributed by atoms with Crippen molar-refractivity contribution in [2.24, 2.45) is 0 Å². The zero-order valence-corrected chi connectivity index (χ0v) is 13.4. The van der Waals surface area contributed by atoms with Crippen molar-refractivity contribution in [2.75, 3.05) is 26.4 Å². The number of hydrogen-bond donors (Lipinski definition) is 2. The lowest BCUT2D eigenvalue weighted by Gasteiger charge is -2.39. The summed E-state index contributed by atoms with van der Waals surface area (Å²) in [6.07, 6.45) is 0. The van der Waals surface area contributed by atoms with E-state index < -0.39 is 5.79 Å². The molecule has 2 rings (SSSR count). The van der Waals surface area contributed by atoms with Gasteiger partial charge in [-0.25, -0.2) is 0 Å². The van der Waals surface area contributed by atoms with Crippen LogP contribution in [-0.2, 0) is 15.3 Å². The molecule has 23 heavy (non-hydrogen) atoms. The number of hydrogen-bond acceptors (Lipinski definition) is 4. The fraction of sp³-hybridized carbons (Fsp3) is 0.368.